The molecule has 2 aliphatic rings. The van der Waals surface area contributed by atoms with Gasteiger partial charge in [0.1, 0.15) is 0 Å². The predicted molar refractivity (Wildman–Crippen MR) is 90.0 cm³/mol. The van der Waals surface area contributed by atoms with Crippen molar-refractivity contribution in [1.29, 1.82) is 0 Å². The van der Waals surface area contributed by atoms with Crippen LogP contribution in [0.25, 0.3) is 0 Å². The standard InChI is InChI=1S/C17H29N5O/c1-3-22-14-15(12-18-22)13-20-8-5-9-21(11-10-20)17(23)16-6-4-7-19(16)2/h12,14,16H,3-11,13H2,1-2H3/t16-/m0/s1. The molecule has 2 saturated heterocycles. The summed E-state index contributed by atoms with van der Waals surface area (Å²) < 4.78 is 1.97. The Hall–Kier alpha value is -1.40. The van der Waals surface area contributed by atoms with Gasteiger partial charge >= 0.3 is 0 Å². The van der Waals surface area contributed by atoms with E-state index in [0.29, 0.717) is 5.91 Å². The Morgan fingerprint density at radius 2 is 2.09 bits per heavy atom. The third-order valence-corrected chi connectivity index (χ3v) is 5.12. The maximum absolute atomic E-state index is 12.7. The van der Waals surface area contributed by atoms with Gasteiger partial charge in [-0.2, -0.15) is 5.10 Å². The molecule has 0 N–H and O–H groups in total. The number of carbonyl (C=O) groups is 1. The smallest absolute Gasteiger partial charge is 0.239 e. The molecular weight excluding hydrogens is 290 g/mol. The first-order valence-corrected chi connectivity index (χ1v) is 8.90. The highest BCUT2D eigenvalue weighted by Gasteiger charge is 2.32. The Bertz CT molecular complexity index is 529. The van der Waals surface area contributed by atoms with Crippen molar-refractivity contribution in [3.05, 3.63) is 18.0 Å². The first-order chi connectivity index (χ1) is 11.2. The molecule has 0 aliphatic carbocycles. The summed E-state index contributed by atoms with van der Waals surface area (Å²) >= 11 is 0. The summed E-state index contributed by atoms with van der Waals surface area (Å²) in [4.78, 5) is 19.5. The van der Waals surface area contributed by atoms with Crippen LogP contribution in [0.2, 0.25) is 0 Å². The van der Waals surface area contributed by atoms with Gasteiger partial charge in [0, 0.05) is 51.0 Å². The SMILES string of the molecule is CCn1cc(CN2CCCN(C(=O)[C@@H]3CCCN3C)CC2)cn1. The summed E-state index contributed by atoms with van der Waals surface area (Å²) in [5.74, 6) is 0.339. The van der Waals surface area contributed by atoms with Gasteiger partial charge in [0.05, 0.1) is 12.2 Å². The quantitative estimate of drug-likeness (QED) is 0.831. The molecule has 6 heteroatoms. The van der Waals surface area contributed by atoms with Crippen LogP contribution in [0.4, 0.5) is 0 Å². The molecule has 0 saturated carbocycles. The lowest BCUT2D eigenvalue weighted by Crippen LogP contribution is -2.45. The summed E-state index contributed by atoms with van der Waals surface area (Å²) in [6.07, 6.45) is 7.32. The van der Waals surface area contributed by atoms with Gasteiger partial charge in [0.25, 0.3) is 0 Å². The zero-order valence-electron chi connectivity index (χ0n) is 14.4. The number of rotatable bonds is 4. The third-order valence-electron chi connectivity index (χ3n) is 5.12. The monoisotopic (exact) mass is 319 g/mol. The van der Waals surface area contributed by atoms with E-state index in [0.717, 1.165) is 65.1 Å². The van der Waals surface area contributed by atoms with E-state index < -0.39 is 0 Å². The van der Waals surface area contributed by atoms with E-state index in [2.05, 4.69) is 40.0 Å². The van der Waals surface area contributed by atoms with Crippen LogP contribution in [0.5, 0.6) is 0 Å². The van der Waals surface area contributed by atoms with Gasteiger partial charge in [-0.05, 0) is 39.8 Å². The normalized spacial score (nSPS) is 24.1. The van der Waals surface area contributed by atoms with Crippen molar-refractivity contribution in [3.8, 4) is 0 Å². The van der Waals surface area contributed by atoms with E-state index >= 15 is 0 Å². The van der Waals surface area contributed by atoms with Crippen LogP contribution in [-0.4, -0.2) is 76.2 Å². The Morgan fingerprint density at radius 1 is 1.22 bits per heavy atom. The second kappa shape index (κ2) is 7.45. The van der Waals surface area contributed by atoms with Crippen molar-refractivity contribution < 1.29 is 4.79 Å². The molecule has 2 fully saturated rings. The Kier molecular flexibility index (Phi) is 5.33. The fourth-order valence-corrected chi connectivity index (χ4v) is 3.70. The molecule has 1 aromatic heterocycles. The molecule has 1 atom stereocenters. The van der Waals surface area contributed by atoms with Crippen molar-refractivity contribution in [3.63, 3.8) is 0 Å². The molecule has 1 amide bonds. The summed E-state index contributed by atoms with van der Waals surface area (Å²) in [6.45, 7) is 8.77. The first-order valence-electron chi connectivity index (χ1n) is 8.90. The molecule has 23 heavy (non-hydrogen) atoms. The van der Waals surface area contributed by atoms with Crippen LogP contribution in [-0.2, 0) is 17.9 Å². The largest absolute Gasteiger partial charge is 0.340 e. The van der Waals surface area contributed by atoms with Crippen LogP contribution in [0.3, 0.4) is 0 Å². The van der Waals surface area contributed by atoms with E-state index in [1.54, 1.807) is 0 Å². The van der Waals surface area contributed by atoms with Crippen LogP contribution in [0, 0.1) is 0 Å². The van der Waals surface area contributed by atoms with Gasteiger partial charge in [-0.25, -0.2) is 0 Å². The van der Waals surface area contributed by atoms with Crippen LogP contribution < -0.4 is 0 Å². The molecule has 2 aliphatic heterocycles. The minimum absolute atomic E-state index is 0.115. The van der Waals surface area contributed by atoms with Crippen molar-refractivity contribution in [2.45, 2.75) is 45.3 Å². The molecule has 1 aromatic rings. The Morgan fingerprint density at radius 3 is 2.78 bits per heavy atom. The van der Waals surface area contributed by atoms with Crippen LogP contribution in [0.1, 0.15) is 31.7 Å². The number of amides is 1. The van der Waals surface area contributed by atoms with Gasteiger partial charge in [-0.1, -0.05) is 0 Å². The lowest BCUT2D eigenvalue weighted by Gasteiger charge is -2.27. The van der Waals surface area contributed by atoms with Crippen LogP contribution >= 0.6 is 0 Å². The molecule has 0 aromatic carbocycles. The predicted octanol–water partition coefficient (Wildman–Crippen LogP) is 1.03. The number of aryl methyl sites for hydroxylation is 1. The average Bonchev–Trinajstić information content (AvgIpc) is 3.11. The van der Waals surface area contributed by atoms with E-state index in [9.17, 15) is 4.79 Å². The van der Waals surface area contributed by atoms with Crippen LogP contribution in [0.15, 0.2) is 12.4 Å². The topological polar surface area (TPSA) is 44.6 Å². The molecule has 3 heterocycles. The molecule has 0 spiro atoms. The van der Waals surface area contributed by atoms with E-state index in [-0.39, 0.29) is 6.04 Å². The van der Waals surface area contributed by atoms with E-state index in [4.69, 9.17) is 0 Å². The fourth-order valence-electron chi connectivity index (χ4n) is 3.70. The lowest BCUT2D eigenvalue weighted by atomic mass is 10.2. The van der Waals surface area contributed by atoms with Crippen molar-refractivity contribution in [2.24, 2.45) is 0 Å². The number of hydrogen-bond acceptors (Lipinski definition) is 4. The second-order valence-corrected chi connectivity index (χ2v) is 6.80. The average molecular weight is 319 g/mol. The van der Waals surface area contributed by atoms with Gasteiger partial charge in [0.2, 0.25) is 5.91 Å². The zero-order chi connectivity index (χ0) is 16.2. The summed E-state index contributed by atoms with van der Waals surface area (Å²) in [7, 11) is 2.07. The Balaban J connectivity index is 1.53. The minimum atomic E-state index is 0.115. The number of hydrogen-bond donors (Lipinski definition) is 0. The number of likely N-dealkylation sites (N-methyl/N-ethyl adjacent to an activating group) is 1. The maximum atomic E-state index is 12.7. The fraction of sp³-hybridized carbons (Fsp3) is 0.765. The van der Waals surface area contributed by atoms with E-state index in [1.807, 2.05) is 10.9 Å². The molecular formula is C17H29N5O. The highest BCUT2D eigenvalue weighted by atomic mass is 16.2. The zero-order valence-corrected chi connectivity index (χ0v) is 14.4. The second-order valence-electron chi connectivity index (χ2n) is 6.80. The van der Waals surface area contributed by atoms with Gasteiger partial charge in [-0.15, -0.1) is 0 Å². The maximum Gasteiger partial charge on any atom is 0.239 e. The number of carbonyl (C=O) groups excluding carboxylic acids is 1. The highest BCUT2D eigenvalue weighted by Crippen LogP contribution is 2.18. The molecule has 0 radical (unpaired) electrons. The lowest BCUT2D eigenvalue weighted by molar-refractivity contribution is -0.135. The minimum Gasteiger partial charge on any atom is -0.340 e. The molecule has 0 bridgehead atoms. The summed E-state index contributed by atoms with van der Waals surface area (Å²) in [6, 6.07) is 0.115. The third kappa shape index (κ3) is 3.93. The van der Waals surface area contributed by atoms with Gasteiger partial charge < -0.3 is 4.90 Å². The van der Waals surface area contributed by atoms with Crippen molar-refractivity contribution in [2.75, 3.05) is 39.8 Å². The summed E-state index contributed by atoms with van der Waals surface area (Å²) in [5, 5.41) is 4.35. The first kappa shape index (κ1) is 16.5. The van der Waals surface area contributed by atoms with E-state index in [1.165, 1.54) is 5.56 Å². The molecule has 3 rings (SSSR count). The molecule has 0 unspecified atom stereocenters. The van der Waals surface area contributed by atoms with Gasteiger partial charge in [0.15, 0.2) is 0 Å². The van der Waals surface area contributed by atoms with Gasteiger partial charge in [-0.3, -0.25) is 19.3 Å². The van der Waals surface area contributed by atoms with Crippen molar-refractivity contribution in [1.82, 2.24) is 24.5 Å². The number of likely N-dealkylation sites (tertiary alicyclic amines) is 1. The molecule has 6 nitrogen and oxygen atoms in total. The highest BCUT2D eigenvalue weighted by molar-refractivity contribution is 5.82. The van der Waals surface area contributed by atoms with Crippen molar-refractivity contribution >= 4 is 5.91 Å². The number of nitrogens with zero attached hydrogens (tertiary/aromatic N) is 5. The summed E-state index contributed by atoms with van der Waals surface area (Å²) in [5.41, 5.74) is 1.27. The number of aromatic nitrogens is 2. The Labute approximate surface area is 139 Å². The molecule has 128 valence electrons.